The number of aromatic nitrogens is 3. The maximum atomic E-state index is 14.2. The van der Waals surface area contributed by atoms with Crippen molar-refractivity contribution >= 4 is 29.2 Å². The van der Waals surface area contributed by atoms with Crippen molar-refractivity contribution in [2.45, 2.75) is 44.1 Å². The summed E-state index contributed by atoms with van der Waals surface area (Å²) in [6, 6.07) is 11.1. The second-order valence-electron chi connectivity index (χ2n) is 7.91. The fourth-order valence-electron chi connectivity index (χ4n) is 2.89. The molecule has 0 saturated heterocycles. The average Bonchev–Trinajstić information content (AvgIpc) is 3.03. The number of benzene rings is 2. The number of hydrogen-bond donors (Lipinski definition) is 2. The van der Waals surface area contributed by atoms with Crippen LogP contribution in [0, 0.1) is 5.82 Å². The quantitative estimate of drug-likeness (QED) is 0.501. The molecule has 3 rings (SSSR count). The number of hydrogen-bond acceptors (Lipinski definition) is 5. The predicted molar refractivity (Wildman–Crippen MR) is 117 cm³/mol. The van der Waals surface area contributed by atoms with Gasteiger partial charge in [0.25, 0.3) is 0 Å². The van der Waals surface area contributed by atoms with Crippen molar-refractivity contribution in [3.05, 3.63) is 58.6 Å². The molecule has 0 bridgehead atoms. The van der Waals surface area contributed by atoms with Crippen molar-refractivity contribution in [2.24, 2.45) is 7.05 Å². The summed E-state index contributed by atoms with van der Waals surface area (Å²) in [5, 5.41) is 18.0. The van der Waals surface area contributed by atoms with Gasteiger partial charge in [0.05, 0.1) is 10.7 Å². The maximum Gasteiger partial charge on any atom is 0.165 e. The third-order valence-electron chi connectivity index (χ3n) is 4.58. The van der Waals surface area contributed by atoms with Gasteiger partial charge in [0.1, 0.15) is 11.9 Å². The molecule has 5 nitrogen and oxygen atoms in total. The Morgan fingerprint density at radius 1 is 1.17 bits per heavy atom. The van der Waals surface area contributed by atoms with Crippen LogP contribution >= 0.6 is 23.5 Å². The minimum Gasteiger partial charge on any atom is -0.385 e. The summed E-state index contributed by atoms with van der Waals surface area (Å²) in [5.41, 5.74) is 2.43. The van der Waals surface area contributed by atoms with E-state index >= 15 is 0 Å². The van der Waals surface area contributed by atoms with Crippen LogP contribution in [0.5, 0.6) is 0 Å². The van der Waals surface area contributed by atoms with Crippen molar-refractivity contribution in [3.63, 3.8) is 0 Å². The van der Waals surface area contributed by atoms with Crippen LogP contribution < -0.4 is 4.72 Å². The molecule has 0 aliphatic heterocycles. The van der Waals surface area contributed by atoms with Gasteiger partial charge in [0.2, 0.25) is 0 Å². The standard InChI is InChI=1S/C21H24ClFN4OS/c1-12(28)19-24-25-20(27(19)5)15-10-16(22)17(23)11-18(15)26-29-14-8-6-13(7-9-14)21(2,3)4/h6-12,26,28H,1-5H3. The van der Waals surface area contributed by atoms with Gasteiger partial charge >= 0.3 is 0 Å². The van der Waals surface area contributed by atoms with E-state index in [-0.39, 0.29) is 10.4 Å². The Labute approximate surface area is 179 Å². The van der Waals surface area contributed by atoms with Gasteiger partial charge in [-0.05, 0) is 48.0 Å². The van der Waals surface area contributed by atoms with E-state index in [0.717, 1.165) is 4.90 Å². The zero-order valence-corrected chi connectivity index (χ0v) is 18.6. The summed E-state index contributed by atoms with van der Waals surface area (Å²) in [4.78, 5) is 0.988. The van der Waals surface area contributed by atoms with Crippen LogP contribution in [-0.4, -0.2) is 19.9 Å². The van der Waals surface area contributed by atoms with Gasteiger partial charge in [-0.1, -0.05) is 44.5 Å². The molecule has 3 aromatic rings. The van der Waals surface area contributed by atoms with Crippen LogP contribution in [-0.2, 0) is 12.5 Å². The normalized spacial score (nSPS) is 12.8. The highest BCUT2D eigenvalue weighted by Crippen LogP contribution is 2.35. The van der Waals surface area contributed by atoms with E-state index in [1.165, 1.54) is 29.6 Å². The first-order valence-corrected chi connectivity index (χ1v) is 10.4. The molecule has 2 N–H and O–H groups in total. The summed E-state index contributed by atoms with van der Waals surface area (Å²) in [6.07, 6.45) is -0.774. The van der Waals surface area contributed by atoms with E-state index in [1.54, 1.807) is 18.5 Å². The van der Waals surface area contributed by atoms with Gasteiger partial charge in [-0.3, -0.25) is 0 Å². The molecule has 8 heteroatoms. The highest BCUT2D eigenvalue weighted by Gasteiger charge is 2.19. The van der Waals surface area contributed by atoms with Gasteiger partial charge in [-0.25, -0.2) is 4.39 Å². The van der Waals surface area contributed by atoms with Crippen LogP contribution in [0.3, 0.4) is 0 Å². The molecule has 0 fully saturated rings. The van der Waals surface area contributed by atoms with Crippen molar-refractivity contribution in [2.75, 3.05) is 4.72 Å². The van der Waals surface area contributed by atoms with E-state index in [9.17, 15) is 9.50 Å². The van der Waals surface area contributed by atoms with Crippen LogP contribution in [0.25, 0.3) is 11.4 Å². The summed E-state index contributed by atoms with van der Waals surface area (Å²) in [7, 11) is 1.75. The third kappa shape index (κ3) is 4.74. The Morgan fingerprint density at radius 3 is 2.38 bits per heavy atom. The van der Waals surface area contributed by atoms with E-state index in [1.807, 2.05) is 12.1 Å². The number of nitrogens with one attached hydrogen (secondary N) is 1. The lowest BCUT2D eigenvalue weighted by atomic mass is 9.87. The lowest BCUT2D eigenvalue weighted by molar-refractivity contribution is 0.185. The first-order valence-electron chi connectivity index (χ1n) is 9.18. The minimum atomic E-state index is -0.774. The van der Waals surface area contributed by atoms with Crippen molar-refractivity contribution in [1.29, 1.82) is 0 Å². The molecule has 1 unspecified atom stereocenters. The SMILES string of the molecule is CC(O)c1nnc(-c2cc(Cl)c(F)cc2NSc2ccc(C(C)(C)C)cc2)n1C. The molecule has 154 valence electrons. The van der Waals surface area contributed by atoms with Gasteiger partial charge in [0, 0.05) is 23.6 Å². The number of nitrogens with zero attached hydrogens (tertiary/aromatic N) is 3. The Balaban J connectivity index is 1.91. The second kappa shape index (κ2) is 8.34. The monoisotopic (exact) mass is 434 g/mol. The van der Waals surface area contributed by atoms with Crippen molar-refractivity contribution in [3.8, 4) is 11.4 Å². The molecule has 0 aliphatic rings. The lowest BCUT2D eigenvalue weighted by Crippen LogP contribution is -2.10. The van der Waals surface area contributed by atoms with E-state index in [4.69, 9.17) is 11.6 Å². The van der Waals surface area contributed by atoms with E-state index in [2.05, 4.69) is 47.8 Å². The van der Waals surface area contributed by atoms with E-state index in [0.29, 0.717) is 22.9 Å². The summed E-state index contributed by atoms with van der Waals surface area (Å²) in [6.45, 7) is 8.11. The minimum absolute atomic E-state index is 0.00771. The fourth-order valence-corrected chi connectivity index (χ4v) is 3.73. The summed E-state index contributed by atoms with van der Waals surface area (Å²) in [5.74, 6) is 0.366. The number of anilines is 1. The first-order chi connectivity index (χ1) is 13.6. The van der Waals surface area contributed by atoms with Crippen LogP contribution in [0.1, 0.15) is 45.2 Å². The van der Waals surface area contributed by atoms with Crippen molar-refractivity contribution < 1.29 is 9.50 Å². The number of halogens is 2. The predicted octanol–water partition coefficient (Wildman–Crippen LogP) is 5.74. The van der Waals surface area contributed by atoms with Crippen molar-refractivity contribution in [1.82, 2.24) is 14.8 Å². The molecule has 0 radical (unpaired) electrons. The van der Waals surface area contributed by atoms with Crippen LogP contribution in [0.15, 0.2) is 41.3 Å². The third-order valence-corrected chi connectivity index (χ3v) is 5.70. The highest BCUT2D eigenvalue weighted by atomic mass is 35.5. The van der Waals surface area contributed by atoms with Gasteiger partial charge < -0.3 is 14.4 Å². The van der Waals surface area contributed by atoms with E-state index < -0.39 is 11.9 Å². The number of rotatable bonds is 5. The molecule has 1 atom stereocenters. The topological polar surface area (TPSA) is 63.0 Å². The molecule has 0 saturated carbocycles. The number of aliphatic hydroxyl groups is 1. The van der Waals surface area contributed by atoms with Gasteiger partial charge in [-0.15, -0.1) is 10.2 Å². The molecular weight excluding hydrogens is 411 g/mol. The molecule has 1 aromatic heterocycles. The molecule has 2 aromatic carbocycles. The largest absolute Gasteiger partial charge is 0.385 e. The fraction of sp³-hybridized carbons (Fsp3) is 0.333. The van der Waals surface area contributed by atoms with Gasteiger partial charge in [0.15, 0.2) is 11.6 Å². The molecule has 0 amide bonds. The smallest absolute Gasteiger partial charge is 0.165 e. The molecule has 0 aliphatic carbocycles. The van der Waals surface area contributed by atoms with Gasteiger partial charge in [-0.2, -0.15) is 0 Å². The molecule has 1 heterocycles. The van der Waals surface area contributed by atoms with Crippen LogP contribution in [0.4, 0.5) is 10.1 Å². The molecule has 0 spiro atoms. The zero-order chi connectivity index (χ0) is 21.3. The average molecular weight is 435 g/mol. The molecular formula is C21H24ClFN4OS. The Morgan fingerprint density at radius 2 is 1.83 bits per heavy atom. The Bertz CT molecular complexity index is 1010. The lowest BCUT2D eigenvalue weighted by Gasteiger charge is -2.19. The second-order valence-corrected chi connectivity index (χ2v) is 9.19. The zero-order valence-electron chi connectivity index (χ0n) is 17.0. The first kappa shape index (κ1) is 21.6. The number of aliphatic hydroxyl groups excluding tert-OH is 1. The molecule has 29 heavy (non-hydrogen) atoms. The maximum absolute atomic E-state index is 14.2. The summed E-state index contributed by atoms with van der Waals surface area (Å²) >= 11 is 7.39. The Kier molecular flexibility index (Phi) is 6.22. The highest BCUT2D eigenvalue weighted by molar-refractivity contribution is 8.00. The summed E-state index contributed by atoms with van der Waals surface area (Å²) < 4.78 is 19.0. The Hall–Kier alpha value is -2.09. The van der Waals surface area contributed by atoms with Crippen LogP contribution in [0.2, 0.25) is 5.02 Å².